The molecule has 6 heteroatoms. The Morgan fingerprint density at radius 1 is 0.964 bits per heavy atom. The number of carbonyl (C=O) groups is 1. The van der Waals surface area contributed by atoms with Crippen LogP contribution < -0.4 is 19.5 Å². The van der Waals surface area contributed by atoms with Crippen LogP contribution in [0.1, 0.15) is 0 Å². The average Bonchev–Trinajstić information content (AvgIpc) is 2.74. The molecule has 28 heavy (non-hydrogen) atoms. The molecule has 0 saturated heterocycles. The fourth-order valence-corrected chi connectivity index (χ4v) is 3.36. The standard InChI is InChI=1S/C22H18BrNO4/c23-17-12-20-21(27-11-10-26-20)13-18(17)24-22(25)14-28-19-9-5-4-8-16(19)15-6-2-1-3-7-15/h1-9,12-13H,10-11,14H2,(H,24,25). The van der Waals surface area contributed by atoms with E-state index in [-0.39, 0.29) is 12.5 Å². The number of amides is 1. The van der Waals surface area contributed by atoms with Gasteiger partial charge in [-0.25, -0.2) is 0 Å². The summed E-state index contributed by atoms with van der Waals surface area (Å²) in [4.78, 5) is 12.4. The second kappa shape index (κ2) is 8.35. The van der Waals surface area contributed by atoms with Gasteiger partial charge >= 0.3 is 0 Å². The predicted octanol–water partition coefficient (Wildman–Crippen LogP) is 4.90. The van der Waals surface area contributed by atoms with Crippen molar-refractivity contribution in [2.75, 3.05) is 25.1 Å². The number of carbonyl (C=O) groups excluding carboxylic acids is 1. The lowest BCUT2D eigenvalue weighted by molar-refractivity contribution is -0.118. The molecule has 142 valence electrons. The summed E-state index contributed by atoms with van der Waals surface area (Å²) in [5.41, 5.74) is 2.58. The van der Waals surface area contributed by atoms with Crippen LogP contribution in [0.4, 0.5) is 5.69 Å². The van der Waals surface area contributed by atoms with Crippen molar-refractivity contribution in [2.24, 2.45) is 0 Å². The van der Waals surface area contributed by atoms with Gasteiger partial charge in [0.05, 0.1) is 5.69 Å². The zero-order valence-electron chi connectivity index (χ0n) is 15.0. The molecule has 0 atom stereocenters. The third kappa shape index (κ3) is 4.12. The number of nitrogens with one attached hydrogen (secondary N) is 1. The first kappa shape index (κ1) is 18.4. The highest BCUT2D eigenvalue weighted by Crippen LogP contribution is 2.38. The molecule has 0 bridgehead atoms. The summed E-state index contributed by atoms with van der Waals surface area (Å²) in [5, 5.41) is 2.84. The van der Waals surface area contributed by atoms with Crippen LogP contribution in [0.2, 0.25) is 0 Å². The van der Waals surface area contributed by atoms with Crippen molar-refractivity contribution < 1.29 is 19.0 Å². The Bertz CT molecular complexity index is 991. The second-order valence-electron chi connectivity index (χ2n) is 6.17. The zero-order chi connectivity index (χ0) is 19.3. The monoisotopic (exact) mass is 439 g/mol. The molecule has 5 nitrogen and oxygen atoms in total. The Balaban J connectivity index is 1.45. The number of anilines is 1. The molecule has 1 heterocycles. The number of fused-ring (bicyclic) bond motifs is 1. The molecule has 0 spiro atoms. The van der Waals surface area contributed by atoms with E-state index >= 15 is 0 Å². The maximum Gasteiger partial charge on any atom is 0.262 e. The van der Waals surface area contributed by atoms with Crippen LogP contribution in [0.25, 0.3) is 11.1 Å². The van der Waals surface area contributed by atoms with Gasteiger partial charge in [0, 0.05) is 22.2 Å². The Morgan fingerprint density at radius 3 is 2.43 bits per heavy atom. The van der Waals surface area contributed by atoms with Gasteiger partial charge in [0.25, 0.3) is 5.91 Å². The third-order valence-corrected chi connectivity index (χ3v) is 4.89. The highest BCUT2D eigenvalue weighted by atomic mass is 79.9. The van der Waals surface area contributed by atoms with Gasteiger partial charge in [0.15, 0.2) is 18.1 Å². The Labute approximate surface area is 171 Å². The summed E-state index contributed by atoms with van der Waals surface area (Å²) in [7, 11) is 0. The molecule has 0 radical (unpaired) electrons. The summed E-state index contributed by atoms with van der Waals surface area (Å²) in [6.45, 7) is 0.895. The summed E-state index contributed by atoms with van der Waals surface area (Å²) >= 11 is 3.45. The Hall–Kier alpha value is -2.99. The van der Waals surface area contributed by atoms with E-state index in [9.17, 15) is 4.79 Å². The SMILES string of the molecule is O=C(COc1ccccc1-c1ccccc1)Nc1cc2c(cc1Br)OCCO2. The first-order chi connectivity index (χ1) is 13.7. The molecule has 0 saturated carbocycles. The van der Waals surface area contributed by atoms with Gasteiger partial charge in [-0.3, -0.25) is 4.79 Å². The quantitative estimate of drug-likeness (QED) is 0.613. The number of benzene rings is 3. The topological polar surface area (TPSA) is 56.8 Å². The molecule has 4 rings (SSSR count). The normalized spacial score (nSPS) is 12.3. The second-order valence-corrected chi connectivity index (χ2v) is 7.03. The number of halogens is 1. The predicted molar refractivity (Wildman–Crippen MR) is 111 cm³/mol. The van der Waals surface area contributed by atoms with Crippen LogP contribution in [-0.4, -0.2) is 25.7 Å². The molecule has 1 aliphatic heterocycles. The van der Waals surface area contributed by atoms with Crippen LogP contribution >= 0.6 is 15.9 Å². The van der Waals surface area contributed by atoms with Gasteiger partial charge in [-0.15, -0.1) is 0 Å². The van der Waals surface area contributed by atoms with Gasteiger partial charge in [-0.1, -0.05) is 48.5 Å². The van der Waals surface area contributed by atoms with Crippen molar-refractivity contribution in [1.29, 1.82) is 0 Å². The van der Waals surface area contributed by atoms with Crippen molar-refractivity contribution in [3.8, 4) is 28.4 Å². The molecular weight excluding hydrogens is 422 g/mol. The fraction of sp³-hybridized carbons (Fsp3) is 0.136. The smallest absolute Gasteiger partial charge is 0.262 e. The number of ether oxygens (including phenoxy) is 3. The summed E-state index contributed by atoms with van der Waals surface area (Å²) in [6.07, 6.45) is 0. The largest absolute Gasteiger partial charge is 0.486 e. The van der Waals surface area contributed by atoms with Crippen LogP contribution in [-0.2, 0) is 4.79 Å². The van der Waals surface area contributed by atoms with Crippen LogP contribution in [0, 0.1) is 0 Å². The van der Waals surface area contributed by atoms with E-state index in [1.54, 1.807) is 12.1 Å². The molecule has 0 aromatic heterocycles. The zero-order valence-corrected chi connectivity index (χ0v) is 16.6. The first-order valence-corrected chi connectivity index (χ1v) is 9.66. The van der Waals surface area contributed by atoms with Crippen molar-refractivity contribution >= 4 is 27.5 Å². The molecule has 1 N–H and O–H groups in total. The van der Waals surface area contributed by atoms with Crippen LogP contribution in [0.3, 0.4) is 0 Å². The lowest BCUT2D eigenvalue weighted by Gasteiger charge is -2.20. The molecule has 1 amide bonds. The van der Waals surface area contributed by atoms with Gasteiger partial charge in [0.2, 0.25) is 0 Å². The van der Waals surface area contributed by atoms with E-state index in [0.717, 1.165) is 15.6 Å². The average molecular weight is 440 g/mol. The minimum atomic E-state index is -0.264. The molecule has 0 unspecified atom stereocenters. The van der Waals surface area contributed by atoms with Crippen molar-refractivity contribution in [3.05, 3.63) is 71.2 Å². The molecule has 0 aliphatic carbocycles. The minimum Gasteiger partial charge on any atom is -0.486 e. The van der Waals surface area contributed by atoms with Gasteiger partial charge in [-0.2, -0.15) is 0 Å². The molecule has 3 aromatic rings. The molecule has 1 aliphatic rings. The summed E-state index contributed by atoms with van der Waals surface area (Å²) in [6, 6.07) is 21.1. The Kier molecular flexibility index (Phi) is 5.48. The van der Waals surface area contributed by atoms with E-state index in [1.165, 1.54) is 0 Å². The number of rotatable bonds is 5. The number of para-hydroxylation sites is 1. The van der Waals surface area contributed by atoms with E-state index in [0.29, 0.717) is 36.1 Å². The molecule has 0 fully saturated rings. The first-order valence-electron chi connectivity index (χ1n) is 8.87. The lowest BCUT2D eigenvalue weighted by atomic mass is 10.1. The minimum absolute atomic E-state index is 0.106. The van der Waals surface area contributed by atoms with Crippen molar-refractivity contribution in [3.63, 3.8) is 0 Å². The van der Waals surface area contributed by atoms with Crippen molar-refractivity contribution in [2.45, 2.75) is 0 Å². The highest BCUT2D eigenvalue weighted by molar-refractivity contribution is 9.10. The molecule has 3 aromatic carbocycles. The summed E-state index contributed by atoms with van der Waals surface area (Å²) < 4.78 is 17.6. The van der Waals surface area contributed by atoms with Gasteiger partial charge < -0.3 is 19.5 Å². The van der Waals surface area contributed by atoms with E-state index in [2.05, 4.69) is 21.2 Å². The molecular formula is C22H18BrNO4. The maximum atomic E-state index is 12.4. The fourth-order valence-electron chi connectivity index (χ4n) is 2.94. The van der Waals surface area contributed by atoms with Crippen LogP contribution in [0.5, 0.6) is 17.2 Å². The van der Waals surface area contributed by atoms with Gasteiger partial charge in [-0.05, 0) is 27.6 Å². The maximum absolute atomic E-state index is 12.4. The third-order valence-electron chi connectivity index (χ3n) is 4.24. The van der Waals surface area contributed by atoms with E-state index in [1.807, 2.05) is 54.6 Å². The van der Waals surface area contributed by atoms with Crippen molar-refractivity contribution in [1.82, 2.24) is 0 Å². The lowest BCUT2D eigenvalue weighted by Crippen LogP contribution is -2.21. The van der Waals surface area contributed by atoms with E-state index in [4.69, 9.17) is 14.2 Å². The van der Waals surface area contributed by atoms with Gasteiger partial charge in [0.1, 0.15) is 19.0 Å². The van der Waals surface area contributed by atoms with E-state index < -0.39 is 0 Å². The van der Waals surface area contributed by atoms with Crippen LogP contribution in [0.15, 0.2) is 71.2 Å². The Morgan fingerprint density at radius 2 is 1.64 bits per heavy atom. The summed E-state index contributed by atoms with van der Waals surface area (Å²) in [5.74, 6) is 1.66. The number of hydrogen-bond acceptors (Lipinski definition) is 4. The number of hydrogen-bond donors (Lipinski definition) is 1. The highest BCUT2D eigenvalue weighted by Gasteiger charge is 2.16.